The fourth-order valence-electron chi connectivity index (χ4n) is 1.83. The molecule has 0 saturated carbocycles. The first-order chi connectivity index (χ1) is 9.19. The van der Waals surface area contributed by atoms with Crippen molar-refractivity contribution in [1.29, 1.82) is 0 Å². The van der Waals surface area contributed by atoms with Crippen molar-refractivity contribution in [3.05, 3.63) is 65.2 Å². The van der Waals surface area contributed by atoms with Crippen molar-refractivity contribution < 1.29 is 9.59 Å². The molecule has 0 radical (unpaired) electrons. The van der Waals surface area contributed by atoms with Crippen molar-refractivity contribution in [2.45, 2.75) is 13.3 Å². The van der Waals surface area contributed by atoms with Gasteiger partial charge in [0, 0.05) is 5.56 Å². The maximum Gasteiger partial charge on any atom is 0.240 e. The summed E-state index contributed by atoms with van der Waals surface area (Å²) in [6.07, 6.45) is 2.29. The van der Waals surface area contributed by atoms with Crippen LogP contribution in [0.25, 0.3) is 0 Å². The van der Waals surface area contributed by atoms with E-state index in [9.17, 15) is 9.59 Å². The molecular weight excluding hydrogens is 238 g/mol. The molecule has 0 heterocycles. The fourth-order valence-corrected chi connectivity index (χ4v) is 1.83. The fraction of sp³-hybridized carbons (Fsp3) is 0.125. The lowest BCUT2D eigenvalue weighted by atomic mass is 10.0. The van der Waals surface area contributed by atoms with Crippen LogP contribution in [-0.2, 0) is 11.2 Å². The number of benzene rings is 2. The van der Waals surface area contributed by atoms with Crippen LogP contribution in [0.3, 0.4) is 0 Å². The molecular formula is C16H13NO2. The number of hydrogen-bond acceptors (Lipinski definition) is 3. The van der Waals surface area contributed by atoms with Crippen LogP contribution in [0.15, 0.2) is 53.5 Å². The molecule has 19 heavy (non-hydrogen) atoms. The lowest BCUT2D eigenvalue weighted by Gasteiger charge is -2.03. The van der Waals surface area contributed by atoms with Crippen molar-refractivity contribution in [3.8, 4) is 0 Å². The van der Waals surface area contributed by atoms with Gasteiger partial charge in [-0.25, -0.2) is 4.79 Å². The van der Waals surface area contributed by atoms with Crippen LogP contribution in [0.2, 0.25) is 0 Å². The Kier molecular flexibility index (Phi) is 4.01. The number of aliphatic imine (C=N–C) groups is 1. The second-order valence-corrected chi connectivity index (χ2v) is 4.30. The molecule has 2 rings (SSSR count). The monoisotopic (exact) mass is 251 g/mol. The third-order valence-corrected chi connectivity index (χ3v) is 2.88. The van der Waals surface area contributed by atoms with Crippen LogP contribution < -0.4 is 0 Å². The molecule has 0 spiro atoms. The molecule has 0 aliphatic rings. The topological polar surface area (TPSA) is 46.5 Å². The van der Waals surface area contributed by atoms with Gasteiger partial charge in [0.05, 0.1) is 5.69 Å². The van der Waals surface area contributed by atoms with Crippen molar-refractivity contribution in [1.82, 2.24) is 0 Å². The predicted octanol–water partition coefficient (Wildman–Crippen LogP) is 3.45. The summed E-state index contributed by atoms with van der Waals surface area (Å²) in [5.41, 5.74) is 3.59. The van der Waals surface area contributed by atoms with Gasteiger partial charge in [0.25, 0.3) is 0 Å². The zero-order valence-corrected chi connectivity index (χ0v) is 10.6. The van der Waals surface area contributed by atoms with E-state index in [2.05, 4.69) is 4.99 Å². The molecule has 0 atom stereocenters. The van der Waals surface area contributed by atoms with E-state index in [0.29, 0.717) is 5.69 Å². The molecule has 0 saturated heterocycles. The summed E-state index contributed by atoms with van der Waals surface area (Å²) in [6, 6.07) is 15.0. The Morgan fingerprint density at radius 2 is 1.53 bits per heavy atom. The Morgan fingerprint density at radius 1 is 1.00 bits per heavy atom. The Labute approximate surface area is 111 Å². The van der Waals surface area contributed by atoms with E-state index in [1.54, 1.807) is 19.1 Å². The molecule has 3 heteroatoms. The van der Waals surface area contributed by atoms with Crippen molar-refractivity contribution in [2.75, 3.05) is 0 Å². The first-order valence-corrected chi connectivity index (χ1v) is 5.96. The summed E-state index contributed by atoms with van der Waals surface area (Å²) >= 11 is 0. The second-order valence-electron chi connectivity index (χ2n) is 4.30. The highest BCUT2D eigenvalue weighted by Gasteiger charge is 2.00. The highest BCUT2D eigenvalue weighted by molar-refractivity contribution is 5.94. The van der Waals surface area contributed by atoms with Gasteiger partial charge in [-0.15, -0.1) is 0 Å². The summed E-state index contributed by atoms with van der Waals surface area (Å²) in [4.78, 5) is 24.8. The van der Waals surface area contributed by atoms with Gasteiger partial charge in [-0.3, -0.25) is 4.79 Å². The van der Waals surface area contributed by atoms with E-state index in [4.69, 9.17) is 0 Å². The first-order valence-electron chi connectivity index (χ1n) is 5.96. The highest BCUT2D eigenvalue weighted by Crippen LogP contribution is 2.15. The van der Waals surface area contributed by atoms with E-state index in [-0.39, 0.29) is 5.78 Å². The molecule has 0 unspecified atom stereocenters. The van der Waals surface area contributed by atoms with Crippen molar-refractivity contribution in [3.63, 3.8) is 0 Å². The van der Waals surface area contributed by atoms with Crippen molar-refractivity contribution in [2.24, 2.45) is 4.99 Å². The van der Waals surface area contributed by atoms with Gasteiger partial charge in [-0.1, -0.05) is 36.4 Å². The minimum absolute atomic E-state index is 0.0719. The van der Waals surface area contributed by atoms with Crippen molar-refractivity contribution >= 4 is 17.6 Å². The third kappa shape index (κ3) is 3.47. The zero-order chi connectivity index (χ0) is 13.7. The zero-order valence-electron chi connectivity index (χ0n) is 10.6. The van der Waals surface area contributed by atoms with E-state index >= 15 is 0 Å². The van der Waals surface area contributed by atoms with Crippen LogP contribution in [0.1, 0.15) is 28.4 Å². The Morgan fingerprint density at radius 3 is 2.00 bits per heavy atom. The standard InChI is InChI=1S/C16H13NO2/c1-12(19)15-6-2-13(3-7-15)10-14-4-8-16(9-5-14)17-11-18/h2-9H,10H2,1H3. The maximum absolute atomic E-state index is 11.2. The third-order valence-electron chi connectivity index (χ3n) is 2.88. The van der Waals surface area contributed by atoms with Crippen LogP contribution in [0.5, 0.6) is 0 Å². The normalized spacial score (nSPS) is 9.74. The largest absolute Gasteiger partial charge is 0.295 e. The number of carbonyl (C=O) groups is 1. The van der Waals surface area contributed by atoms with Crippen LogP contribution >= 0.6 is 0 Å². The maximum atomic E-state index is 11.2. The highest BCUT2D eigenvalue weighted by atomic mass is 16.1. The average molecular weight is 251 g/mol. The number of ketones is 1. The van der Waals surface area contributed by atoms with E-state index < -0.39 is 0 Å². The Hall–Kier alpha value is -2.51. The lowest BCUT2D eigenvalue weighted by molar-refractivity contribution is 0.101. The van der Waals surface area contributed by atoms with Gasteiger partial charge in [-0.05, 0) is 36.6 Å². The number of isocyanates is 1. The molecule has 0 fully saturated rings. The predicted molar refractivity (Wildman–Crippen MR) is 73.5 cm³/mol. The number of Topliss-reactive ketones (excluding diaryl/α,β-unsaturated/α-hetero) is 1. The second kappa shape index (κ2) is 5.89. The molecule has 0 aliphatic carbocycles. The van der Waals surface area contributed by atoms with Gasteiger partial charge in [0.15, 0.2) is 5.78 Å². The lowest BCUT2D eigenvalue weighted by Crippen LogP contribution is -1.93. The summed E-state index contributed by atoms with van der Waals surface area (Å²) in [5, 5.41) is 0. The van der Waals surface area contributed by atoms with Crippen LogP contribution in [0.4, 0.5) is 5.69 Å². The van der Waals surface area contributed by atoms with Crippen LogP contribution in [0, 0.1) is 0 Å². The molecule has 3 nitrogen and oxygen atoms in total. The Bertz CT molecular complexity index is 577. The molecule has 94 valence electrons. The summed E-state index contributed by atoms with van der Waals surface area (Å²) < 4.78 is 0. The number of hydrogen-bond donors (Lipinski definition) is 0. The van der Waals surface area contributed by atoms with E-state index in [0.717, 1.165) is 23.1 Å². The molecule has 0 N–H and O–H groups in total. The molecule has 2 aromatic carbocycles. The minimum atomic E-state index is 0.0719. The smallest absolute Gasteiger partial charge is 0.240 e. The summed E-state index contributed by atoms with van der Waals surface area (Å²) in [6.45, 7) is 1.56. The first kappa shape index (κ1) is 12.9. The van der Waals surface area contributed by atoms with Gasteiger partial charge < -0.3 is 0 Å². The molecule has 0 aromatic heterocycles. The SMILES string of the molecule is CC(=O)c1ccc(Cc2ccc(N=C=O)cc2)cc1. The molecule has 0 bridgehead atoms. The van der Waals surface area contributed by atoms with E-state index in [1.807, 2.05) is 36.4 Å². The average Bonchev–Trinajstić information content (AvgIpc) is 2.42. The number of nitrogens with zero attached hydrogens (tertiary/aromatic N) is 1. The van der Waals surface area contributed by atoms with Gasteiger partial charge in [-0.2, -0.15) is 4.99 Å². The summed E-state index contributed by atoms with van der Waals surface area (Å²) in [7, 11) is 0. The summed E-state index contributed by atoms with van der Waals surface area (Å²) in [5.74, 6) is 0.0719. The number of rotatable bonds is 4. The molecule has 0 amide bonds. The number of carbonyl (C=O) groups excluding carboxylic acids is 2. The minimum Gasteiger partial charge on any atom is -0.295 e. The molecule has 2 aromatic rings. The van der Waals surface area contributed by atoms with Gasteiger partial charge >= 0.3 is 0 Å². The molecule has 0 aliphatic heterocycles. The van der Waals surface area contributed by atoms with Crippen LogP contribution in [-0.4, -0.2) is 11.9 Å². The van der Waals surface area contributed by atoms with E-state index in [1.165, 1.54) is 6.08 Å². The van der Waals surface area contributed by atoms with Gasteiger partial charge in [0.1, 0.15) is 0 Å². The Balaban J connectivity index is 2.12. The quantitative estimate of drug-likeness (QED) is 0.474. The van der Waals surface area contributed by atoms with Gasteiger partial charge in [0.2, 0.25) is 6.08 Å².